The van der Waals surface area contributed by atoms with Crippen LogP contribution in [-0.4, -0.2) is 47.4 Å². The fourth-order valence-electron chi connectivity index (χ4n) is 4.07. The maximum Gasteiger partial charge on any atom is 0.124 e. The van der Waals surface area contributed by atoms with E-state index in [1.807, 2.05) is 13.0 Å². The minimum Gasteiger partial charge on any atom is -0.468 e. The number of anilines is 1. The normalized spacial score (nSPS) is 22.4. The predicted octanol–water partition coefficient (Wildman–Crippen LogP) is 2.64. The smallest absolute Gasteiger partial charge is 0.124 e. The molecular weight excluding hydrogens is 314 g/mol. The minimum atomic E-state index is 0.342. The van der Waals surface area contributed by atoms with E-state index in [-0.39, 0.29) is 0 Å². The van der Waals surface area contributed by atoms with Crippen molar-refractivity contribution in [2.24, 2.45) is 5.92 Å². The highest BCUT2D eigenvalue weighted by Crippen LogP contribution is 2.25. The van der Waals surface area contributed by atoms with E-state index in [1.165, 1.54) is 32.4 Å². The van der Waals surface area contributed by atoms with Gasteiger partial charge in [0.1, 0.15) is 11.6 Å². The molecule has 1 saturated heterocycles. The van der Waals surface area contributed by atoms with Gasteiger partial charge in [-0.3, -0.25) is 4.90 Å². The first-order chi connectivity index (χ1) is 12.3. The van der Waals surface area contributed by atoms with Gasteiger partial charge in [-0.15, -0.1) is 0 Å². The number of aromatic nitrogens is 2. The lowest BCUT2D eigenvalue weighted by atomic mass is 10.1. The molecule has 4 heterocycles. The zero-order valence-electron chi connectivity index (χ0n) is 15.1. The highest BCUT2D eigenvalue weighted by molar-refractivity contribution is 5.38. The summed E-state index contributed by atoms with van der Waals surface area (Å²) in [5.74, 6) is 2.79. The van der Waals surface area contributed by atoms with Crippen LogP contribution in [0.3, 0.4) is 0 Å². The summed E-state index contributed by atoms with van der Waals surface area (Å²) < 4.78 is 7.83. The van der Waals surface area contributed by atoms with Gasteiger partial charge in [0, 0.05) is 38.2 Å². The Hall–Kier alpha value is -1.79. The zero-order valence-corrected chi connectivity index (χ0v) is 15.1. The van der Waals surface area contributed by atoms with E-state index >= 15 is 0 Å². The van der Waals surface area contributed by atoms with Crippen LogP contribution in [0, 0.1) is 12.8 Å². The number of hydrogen-bond donors (Lipinski definition) is 2. The van der Waals surface area contributed by atoms with Gasteiger partial charge < -0.3 is 15.1 Å². The number of rotatable bonds is 6. The van der Waals surface area contributed by atoms with Crippen molar-refractivity contribution >= 4 is 5.82 Å². The third-order valence-corrected chi connectivity index (χ3v) is 5.38. The van der Waals surface area contributed by atoms with Crippen LogP contribution in [0.2, 0.25) is 0 Å². The summed E-state index contributed by atoms with van der Waals surface area (Å²) in [6.45, 7) is 8.33. The number of nitrogens with one attached hydrogen (secondary N) is 2. The average molecular weight is 343 g/mol. The van der Waals surface area contributed by atoms with E-state index in [0.29, 0.717) is 12.0 Å². The quantitative estimate of drug-likeness (QED) is 0.844. The standard InChI is InChI=1S/C19H29N5O/c1-15-10-19-21-12-16(14-24(19)22-15)11-20-13-17(18-6-5-9-25-18)23-7-3-2-4-8-23/h5-6,9-10,16-17,20-21H,2-4,7-8,11-14H2,1H3. The Morgan fingerprint density at radius 3 is 3.04 bits per heavy atom. The summed E-state index contributed by atoms with van der Waals surface area (Å²) in [4.78, 5) is 2.57. The molecule has 2 aliphatic heterocycles. The lowest BCUT2D eigenvalue weighted by Gasteiger charge is -2.34. The molecule has 6 heteroatoms. The summed E-state index contributed by atoms with van der Waals surface area (Å²) in [6, 6.07) is 6.57. The Labute approximate surface area is 149 Å². The molecule has 0 amide bonds. The van der Waals surface area contributed by atoms with Gasteiger partial charge in [0.05, 0.1) is 18.0 Å². The molecule has 2 N–H and O–H groups in total. The molecule has 1 fully saturated rings. The van der Waals surface area contributed by atoms with Crippen LogP contribution in [-0.2, 0) is 6.54 Å². The van der Waals surface area contributed by atoms with Crippen LogP contribution in [0.4, 0.5) is 5.82 Å². The lowest BCUT2D eigenvalue weighted by molar-refractivity contribution is 0.141. The third kappa shape index (κ3) is 3.90. The van der Waals surface area contributed by atoms with Gasteiger partial charge in [0.25, 0.3) is 0 Å². The first-order valence-electron chi connectivity index (χ1n) is 9.56. The maximum absolute atomic E-state index is 5.73. The SMILES string of the molecule is Cc1cc2n(n1)CC(CNCC(c1ccco1)N1CCCCC1)CN2. The molecule has 0 spiro atoms. The number of furan rings is 1. The summed E-state index contributed by atoms with van der Waals surface area (Å²) in [5, 5.41) is 11.8. The van der Waals surface area contributed by atoms with Crippen molar-refractivity contribution in [2.45, 2.75) is 38.8 Å². The number of fused-ring (bicyclic) bond motifs is 1. The average Bonchev–Trinajstić information content (AvgIpc) is 3.28. The maximum atomic E-state index is 5.73. The van der Waals surface area contributed by atoms with Gasteiger partial charge in [0.15, 0.2) is 0 Å². The van der Waals surface area contributed by atoms with Gasteiger partial charge in [-0.2, -0.15) is 5.10 Å². The van der Waals surface area contributed by atoms with Crippen LogP contribution >= 0.6 is 0 Å². The Kier molecular flexibility index (Phi) is 5.08. The number of hydrogen-bond acceptors (Lipinski definition) is 5. The molecule has 136 valence electrons. The van der Waals surface area contributed by atoms with Crippen LogP contribution < -0.4 is 10.6 Å². The Morgan fingerprint density at radius 2 is 2.24 bits per heavy atom. The fourth-order valence-corrected chi connectivity index (χ4v) is 4.07. The zero-order chi connectivity index (χ0) is 17.1. The summed E-state index contributed by atoms with van der Waals surface area (Å²) in [5.41, 5.74) is 1.08. The topological polar surface area (TPSA) is 58.3 Å². The van der Waals surface area contributed by atoms with E-state index < -0.39 is 0 Å². The predicted molar refractivity (Wildman–Crippen MR) is 98.7 cm³/mol. The van der Waals surface area contributed by atoms with Gasteiger partial charge in [-0.1, -0.05) is 6.42 Å². The van der Waals surface area contributed by atoms with E-state index in [4.69, 9.17) is 4.42 Å². The highest BCUT2D eigenvalue weighted by atomic mass is 16.3. The minimum absolute atomic E-state index is 0.342. The van der Waals surface area contributed by atoms with E-state index in [2.05, 4.69) is 37.4 Å². The van der Waals surface area contributed by atoms with Crippen molar-refractivity contribution in [1.82, 2.24) is 20.0 Å². The number of likely N-dealkylation sites (tertiary alicyclic amines) is 1. The van der Waals surface area contributed by atoms with Crippen LogP contribution in [0.1, 0.15) is 36.8 Å². The molecule has 4 rings (SSSR count). The van der Waals surface area contributed by atoms with Crippen molar-refractivity contribution in [2.75, 3.05) is 38.0 Å². The van der Waals surface area contributed by atoms with Gasteiger partial charge in [0.2, 0.25) is 0 Å². The summed E-state index contributed by atoms with van der Waals surface area (Å²) in [7, 11) is 0. The third-order valence-electron chi connectivity index (χ3n) is 5.38. The number of nitrogens with zero attached hydrogens (tertiary/aromatic N) is 3. The second-order valence-corrected chi connectivity index (χ2v) is 7.39. The van der Waals surface area contributed by atoms with Crippen molar-refractivity contribution in [3.8, 4) is 0 Å². The molecule has 2 atom stereocenters. The van der Waals surface area contributed by atoms with Crippen LogP contribution in [0.5, 0.6) is 0 Å². The molecule has 2 unspecified atom stereocenters. The molecule has 0 aromatic carbocycles. The fraction of sp³-hybridized carbons (Fsp3) is 0.632. The first-order valence-corrected chi connectivity index (χ1v) is 9.56. The van der Waals surface area contributed by atoms with Gasteiger partial charge in [-0.05, 0) is 45.0 Å². The molecule has 2 aliphatic rings. The molecule has 6 nitrogen and oxygen atoms in total. The Morgan fingerprint density at radius 1 is 1.36 bits per heavy atom. The molecule has 0 radical (unpaired) electrons. The number of aryl methyl sites for hydroxylation is 1. The monoisotopic (exact) mass is 343 g/mol. The first kappa shape index (κ1) is 16.7. The molecule has 2 aromatic heterocycles. The summed E-state index contributed by atoms with van der Waals surface area (Å²) in [6.07, 6.45) is 5.74. The van der Waals surface area contributed by atoms with Gasteiger partial charge >= 0.3 is 0 Å². The van der Waals surface area contributed by atoms with Crippen LogP contribution in [0.15, 0.2) is 28.9 Å². The van der Waals surface area contributed by atoms with Crippen molar-refractivity contribution in [3.63, 3.8) is 0 Å². The van der Waals surface area contributed by atoms with Crippen molar-refractivity contribution in [1.29, 1.82) is 0 Å². The van der Waals surface area contributed by atoms with Crippen molar-refractivity contribution < 1.29 is 4.42 Å². The van der Waals surface area contributed by atoms with E-state index in [9.17, 15) is 0 Å². The van der Waals surface area contributed by atoms with Crippen LogP contribution in [0.25, 0.3) is 0 Å². The molecule has 0 bridgehead atoms. The van der Waals surface area contributed by atoms with Gasteiger partial charge in [-0.25, -0.2) is 4.68 Å². The second-order valence-electron chi connectivity index (χ2n) is 7.39. The lowest BCUT2D eigenvalue weighted by Crippen LogP contribution is -2.41. The van der Waals surface area contributed by atoms with Crippen molar-refractivity contribution in [3.05, 3.63) is 35.9 Å². The van der Waals surface area contributed by atoms with E-state index in [1.54, 1.807) is 6.26 Å². The number of piperidine rings is 1. The molecule has 0 aliphatic carbocycles. The highest BCUT2D eigenvalue weighted by Gasteiger charge is 2.25. The Balaban J connectivity index is 1.32. The molecule has 25 heavy (non-hydrogen) atoms. The molecular formula is C19H29N5O. The second kappa shape index (κ2) is 7.62. The molecule has 2 aromatic rings. The molecule has 0 saturated carbocycles. The van der Waals surface area contributed by atoms with E-state index in [0.717, 1.165) is 43.5 Å². The summed E-state index contributed by atoms with van der Waals surface area (Å²) >= 11 is 0. The Bertz CT molecular complexity index is 659. The largest absolute Gasteiger partial charge is 0.468 e.